The van der Waals surface area contributed by atoms with Gasteiger partial charge in [-0.15, -0.1) is 0 Å². The molecule has 1 amide bonds. The average molecular weight is 243 g/mol. The maximum absolute atomic E-state index is 11.9. The molecule has 0 radical (unpaired) electrons. The Balaban J connectivity index is 4.30. The molecule has 0 spiro atoms. The molecular formula is C13H25NO3. The van der Waals surface area contributed by atoms with E-state index in [2.05, 4.69) is 0 Å². The van der Waals surface area contributed by atoms with Crippen LogP contribution in [0.4, 0.5) is 4.79 Å². The van der Waals surface area contributed by atoms with Crippen molar-refractivity contribution in [3.63, 3.8) is 0 Å². The first-order chi connectivity index (χ1) is 7.80. The van der Waals surface area contributed by atoms with Crippen LogP contribution in [-0.4, -0.2) is 36.0 Å². The van der Waals surface area contributed by atoms with Gasteiger partial charge in [0.05, 0.1) is 0 Å². The van der Waals surface area contributed by atoms with Crippen LogP contribution in [0.3, 0.4) is 0 Å². The molecule has 100 valence electrons. The molecule has 0 aliphatic heterocycles. The fourth-order valence-electron chi connectivity index (χ4n) is 1.32. The summed E-state index contributed by atoms with van der Waals surface area (Å²) in [4.78, 5) is 24.1. The largest absolute Gasteiger partial charge is 0.444 e. The fourth-order valence-corrected chi connectivity index (χ4v) is 1.32. The Morgan fingerprint density at radius 2 is 1.94 bits per heavy atom. The lowest BCUT2D eigenvalue weighted by molar-refractivity contribution is -0.110. The third kappa shape index (κ3) is 7.77. The second kappa shape index (κ2) is 7.30. The number of ether oxygens (including phenoxy) is 1. The smallest absolute Gasteiger partial charge is 0.410 e. The van der Waals surface area contributed by atoms with E-state index in [-0.39, 0.29) is 12.0 Å². The van der Waals surface area contributed by atoms with E-state index in [0.29, 0.717) is 19.5 Å². The minimum Gasteiger partial charge on any atom is -0.444 e. The summed E-state index contributed by atoms with van der Waals surface area (Å²) >= 11 is 0. The molecule has 0 aromatic heterocycles. The Labute approximate surface area is 104 Å². The third-order valence-electron chi connectivity index (χ3n) is 2.23. The van der Waals surface area contributed by atoms with Crippen molar-refractivity contribution >= 4 is 12.4 Å². The highest BCUT2D eigenvalue weighted by Crippen LogP contribution is 2.11. The molecule has 0 aromatic rings. The SMILES string of the molecule is CCCN(CCC(C)C=O)C(=O)OC(C)(C)C. The van der Waals surface area contributed by atoms with Gasteiger partial charge < -0.3 is 14.4 Å². The zero-order valence-corrected chi connectivity index (χ0v) is 11.7. The third-order valence-corrected chi connectivity index (χ3v) is 2.23. The summed E-state index contributed by atoms with van der Waals surface area (Å²) in [6, 6.07) is 0. The van der Waals surface area contributed by atoms with Crippen LogP contribution >= 0.6 is 0 Å². The van der Waals surface area contributed by atoms with Crippen molar-refractivity contribution in [2.75, 3.05) is 13.1 Å². The van der Waals surface area contributed by atoms with Crippen LogP contribution in [0.5, 0.6) is 0 Å². The zero-order valence-electron chi connectivity index (χ0n) is 11.7. The Hall–Kier alpha value is -1.06. The number of rotatable bonds is 6. The predicted molar refractivity (Wildman–Crippen MR) is 67.9 cm³/mol. The van der Waals surface area contributed by atoms with Gasteiger partial charge in [0.25, 0.3) is 0 Å². The number of amides is 1. The summed E-state index contributed by atoms with van der Waals surface area (Å²) < 4.78 is 5.32. The molecule has 0 N–H and O–H groups in total. The molecule has 1 atom stereocenters. The van der Waals surface area contributed by atoms with Gasteiger partial charge in [0.1, 0.15) is 11.9 Å². The number of carbonyl (C=O) groups excluding carboxylic acids is 2. The summed E-state index contributed by atoms with van der Waals surface area (Å²) in [5.74, 6) is -0.0169. The van der Waals surface area contributed by atoms with Crippen LogP contribution < -0.4 is 0 Å². The molecular weight excluding hydrogens is 218 g/mol. The van der Waals surface area contributed by atoms with Crippen molar-refractivity contribution < 1.29 is 14.3 Å². The number of hydrogen-bond donors (Lipinski definition) is 0. The van der Waals surface area contributed by atoms with Crippen molar-refractivity contribution in [2.45, 2.75) is 53.1 Å². The Bertz CT molecular complexity index is 246. The van der Waals surface area contributed by atoms with E-state index in [1.54, 1.807) is 4.90 Å². The van der Waals surface area contributed by atoms with Crippen molar-refractivity contribution in [2.24, 2.45) is 5.92 Å². The van der Waals surface area contributed by atoms with Crippen molar-refractivity contribution in [3.05, 3.63) is 0 Å². The molecule has 0 bridgehead atoms. The van der Waals surface area contributed by atoms with E-state index in [9.17, 15) is 9.59 Å². The lowest BCUT2D eigenvalue weighted by atomic mass is 10.1. The van der Waals surface area contributed by atoms with Crippen molar-refractivity contribution in [1.29, 1.82) is 0 Å². The van der Waals surface area contributed by atoms with Gasteiger partial charge in [0, 0.05) is 19.0 Å². The topological polar surface area (TPSA) is 46.6 Å². The minimum absolute atomic E-state index is 0.0169. The highest BCUT2D eigenvalue weighted by molar-refractivity contribution is 5.68. The number of aldehydes is 1. The Kier molecular flexibility index (Phi) is 6.85. The van der Waals surface area contributed by atoms with Gasteiger partial charge in [-0.3, -0.25) is 0 Å². The van der Waals surface area contributed by atoms with Gasteiger partial charge in [-0.05, 0) is 33.6 Å². The quantitative estimate of drug-likeness (QED) is 0.674. The fraction of sp³-hybridized carbons (Fsp3) is 0.846. The van der Waals surface area contributed by atoms with Crippen LogP contribution in [-0.2, 0) is 9.53 Å². The monoisotopic (exact) mass is 243 g/mol. The second-order valence-corrected chi connectivity index (χ2v) is 5.37. The molecule has 1 unspecified atom stereocenters. The summed E-state index contributed by atoms with van der Waals surface area (Å²) in [5, 5.41) is 0. The van der Waals surface area contributed by atoms with E-state index < -0.39 is 5.60 Å². The first kappa shape index (κ1) is 15.9. The van der Waals surface area contributed by atoms with Crippen LogP contribution in [0.25, 0.3) is 0 Å². The normalized spacial score (nSPS) is 13.0. The van der Waals surface area contributed by atoms with Gasteiger partial charge in [0.15, 0.2) is 0 Å². The Morgan fingerprint density at radius 3 is 2.35 bits per heavy atom. The minimum atomic E-state index is -0.473. The molecule has 4 heteroatoms. The van der Waals surface area contributed by atoms with E-state index in [1.165, 1.54) is 0 Å². The summed E-state index contributed by atoms with van der Waals surface area (Å²) in [5.41, 5.74) is -0.473. The first-order valence-corrected chi connectivity index (χ1v) is 6.23. The molecule has 0 heterocycles. The first-order valence-electron chi connectivity index (χ1n) is 6.23. The zero-order chi connectivity index (χ0) is 13.5. The molecule has 0 aliphatic rings. The summed E-state index contributed by atoms with van der Waals surface area (Å²) in [7, 11) is 0. The molecule has 17 heavy (non-hydrogen) atoms. The molecule has 0 fully saturated rings. The van der Waals surface area contributed by atoms with Gasteiger partial charge in [-0.1, -0.05) is 13.8 Å². The summed E-state index contributed by atoms with van der Waals surface area (Å²) in [6.45, 7) is 10.7. The van der Waals surface area contributed by atoms with Crippen LogP contribution in [0.2, 0.25) is 0 Å². The Morgan fingerprint density at radius 1 is 1.35 bits per heavy atom. The molecule has 0 aromatic carbocycles. The van der Waals surface area contributed by atoms with Crippen LogP contribution in [0.1, 0.15) is 47.5 Å². The maximum atomic E-state index is 11.9. The number of nitrogens with zero attached hydrogens (tertiary/aromatic N) is 1. The van der Waals surface area contributed by atoms with Crippen LogP contribution in [0, 0.1) is 5.92 Å². The molecule has 0 aliphatic carbocycles. The van der Waals surface area contributed by atoms with Gasteiger partial charge in [0.2, 0.25) is 0 Å². The molecule has 0 rings (SSSR count). The molecule has 0 saturated heterocycles. The van der Waals surface area contributed by atoms with Gasteiger partial charge in [-0.2, -0.15) is 0 Å². The highest BCUT2D eigenvalue weighted by atomic mass is 16.6. The van der Waals surface area contributed by atoms with Gasteiger partial charge in [-0.25, -0.2) is 4.79 Å². The predicted octanol–water partition coefficient (Wildman–Crippen LogP) is 2.86. The van der Waals surface area contributed by atoms with Gasteiger partial charge >= 0.3 is 6.09 Å². The standard InChI is InChI=1S/C13H25NO3/c1-6-8-14(9-7-11(2)10-15)12(16)17-13(3,4)5/h10-11H,6-9H2,1-5H3. The van der Waals surface area contributed by atoms with E-state index in [0.717, 1.165) is 12.7 Å². The second-order valence-electron chi connectivity index (χ2n) is 5.37. The maximum Gasteiger partial charge on any atom is 0.410 e. The lowest BCUT2D eigenvalue weighted by Gasteiger charge is -2.27. The van der Waals surface area contributed by atoms with E-state index in [4.69, 9.17) is 4.74 Å². The average Bonchev–Trinajstić information content (AvgIpc) is 2.20. The number of hydrogen-bond acceptors (Lipinski definition) is 3. The van der Waals surface area contributed by atoms with Crippen LogP contribution in [0.15, 0.2) is 0 Å². The summed E-state index contributed by atoms with van der Waals surface area (Å²) in [6.07, 6.45) is 2.19. The molecule has 0 saturated carbocycles. The van der Waals surface area contributed by atoms with E-state index in [1.807, 2.05) is 34.6 Å². The highest BCUT2D eigenvalue weighted by Gasteiger charge is 2.21. The molecule has 4 nitrogen and oxygen atoms in total. The number of carbonyl (C=O) groups is 2. The lowest BCUT2D eigenvalue weighted by Crippen LogP contribution is -2.38. The van der Waals surface area contributed by atoms with E-state index >= 15 is 0 Å². The van der Waals surface area contributed by atoms with Crippen molar-refractivity contribution in [3.8, 4) is 0 Å². The van der Waals surface area contributed by atoms with Crippen molar-refractivity contribution in [1.82, 2.24) is 4.90 Å².